The van der Waals surface area contributed by atoms with E-state index in [1.54, 1.807) is 18.9 Å². The molecule has 3 heterocycles. The van der Waals surface area contributed by atoms with Crippen LogP contribution in [-0.2, 0) is 0 Å². The van der Waals surface area contributed by atoms with Crippen LogP contribution in [0.2, 0.25) is 0 Å². The zero-order valence-corrected chi connectivity index (χ0v) is 16.2. The summed E-state index contributed by atoms with van der Waals surface area (Å²) < 4.78 is 12.6. The predicted octanol–water partition coefficient (Wildman–Crippen LogP) is 2.14. The number of para-hydroxylation sites is 1. The van der Waals surface area contributed by atoms with Crippen molar-refractivity contribution in [2.45, 2.75) is 6.04 Å². The minimum Gasteiger partial charge on any atom is -0.497 e. The second-order valence-corrected chi connectivity index (χ2v) is 6.64. The number of methoxy groups -OCH3 is 2. The zero-order valence-electron chi connectivity index (χ0n) is 16.2. The van der Waals surface area contributed by atoms with Crippen molar-refractivity contribution in [3.05, 3.63) is 70.0 Å². The minimum atomic E-state index is -0.529. The number of rotatable bonds is 4. The molecule has 0 saturated carbocycles. The van der Waals surface area contributed by atoms with Crippen LogP contribution in [0.3, 0.4) is 0 Å². The number of nitrogens with one attached hydrogen (secondary N) is 2. The number of ether oxygens (including phenoxy) is 2. The highest BCUT2D eigenvalue weighted by Crippen LogP contribution is 2.43. The number of aromatic nitrogens is 6. The van der Waals surface area contributed by atoms with Crippen molar-refractivity contribution in [2.24, 2.45) is 0 Å². The third kappa shape index (κ3) is 2.69. The average Bonchev–Trinajstić information content (AvgIpc) is 3.26. The molecule has 0 spiro atoms. The van der Waals surface area contributed by atoms with Crippen molar-refractivity contribution in [3.8, 4) is 22.8 Å². The first kappa shape index (κ1) is 17.9. The van der Waals surface area contributed by atoms with Gasteiger partial charge in [0.1, 0.15) is 23.2 Å². The van der Waals surface area contributed by atoms with Crippen LogP contribution in [-0.4, -0.2) is 44.6 Å². The van der Waals surface area contributed by atoms with Crippen LogP contribution < -0.4 is 20.3 Å². The van der Waals surface area contributed by atoms with Gasteiger partial charge in [0.25, 0.3) is 5.56 Å². The van der Waals surface area contributed by atoms with Crippen LogP contribution in [0.15, 0.2) is 53.3 Å². The van der Waals surface area contributed by atoms with Crippen molar-refractivity contribution in [2.75, 3.05) is 19.5 Å². The number of benzene rings is 2. The summed E-state index contributed by atoms with van der Waals surface area (Å²) in [5.74, 6) is 1.68. The Hall–Kier alpha value is -4.21. The van der Waals surface area contributed by atoms with E-state index in [2.05, 4.69) is 31.0 Å². The number of tetrazole rings is 1. The maximum Gasteiger partial charge on any atom is 0.288 e. The molecule has 0 amide bonds. The molecule has 4 aromatic rings. The van der Waals surface area contributed by atoms with E-state index in [-0.39, 0.29) is 5.56 Å². The molecule has 150 valence electrons. The van der Waals surface area contributed by atoms with Crippen LogP contribution >= 0.6 is 0 Å². The van der Waals surface area contributed by atoms with Gasteiger partial charge in [-0.05, 0) is 28.6 Å². The molecule has 0 fully saturated rings. The molecule has 1 aliphatic heterocycles. The third-order valence-corrected chi connectivity index (χ3v) is 5.05. The SMILES string of the molecule is COc1cccc(-c2n[nH]c(=O)c3c2[C@@H](c2ccccc2OC)n2nnnc2N3)c1. The first-order chi connectivity index (χ1) is 14.7. The van der Waals surface area contributed by atoms with Crippen molar-refractivity contribution < 1.29 is 9.47 Å². The molecule has 2 N–H and O–H groups in total. The molecule has 5 rings (SSSR count). The Labute approximate surface area is 170 Å². The maximum absolute atomic E-state index is 12.7. The number of fused-ring (bicyclic) bond motifs is 2. The first-order valence-corrected chi connectivity index (χ1v) is 9.16. The van der Waals surface area contributed by atoms with E-state index in [0.717, 1.165) is 11.1 Å². The molecule has 1 aliphatic rings. The van der Waals surface area contributed by atoms with Crippen LogP contribution in [0.1, 0.15) is 17.2 Å². The maximum atomic E-state index is 12.7. The summed E-state index contributed by atoms with van der Waals surface area (Å²) in [6, 6.07) is 14.5. The number of hydrogen-bond donors (Lipinski definition) is 2. The fraction of sp³-hybridized carbons (Fsp3) is 0.150. The number of aromatic amines is 1. The van der Waals surface area contributed by atoms with E-state index in [4.69, 9.17) is 9.47 Å². The summed E-state index contributed by atoms with van der Waals surface area (Å²) in [6.07, 6.45) is 0. The van der Waals surface area contributed by atoms with Gasteiger partial charge in [-0.25, -0.2) is 5.10 Å². The van der Waals surface area contributed by atoms with Gasteiger partial charge in [0.15, 0.2) is 0 Å². The van der Waals surface area contributed by atoms with Crippen LogP contribution in [0.4, 0.5) is 11.6 Å². The number of nitrogens with zero attached hydrogens (tertiary/aromatic N) is 5. The molecule has 0 aliphatic carbocycles. The Kier molecular flexibility index (Phi) is 4.16. The Morgan fingerprint density at radius 1 is 1.07 bits per heavy atom. The molecule has 0 unspecified atom stereocenters. The van der Waals surface area contributed by atoms with Gasteiger partial charge < -0.3 is 14.8 Å². The Bertz CT molecular complexity index is 1300. The molecule has 10 nitrogen and oxygen atoms in total. The lowest BCUT2D eigenvalue weighted by molar-refractivity contribution is 0.402. The molecule has 30 heavy (non-hydrogen) atoms. The minimum absolute atomic E-state index is 0.334. The monoisotopic (exact) mass is 403 g/mol. The fourth-order valence-electron chi connectivity index (χ4n) is 3.71. The lowest BCUT2D eigenvalue weighted by atomic mass is 9.92. The van der Waals surface area contributed by atoms with E-state index in [1.807, 2.05) is 48.5 Å². The summed E-state index contributed by atoms with van der Waals surface area (Å²) in [6.45, 7) is 0. The number of H-pyrrole nitrogens is 1. The highest BCUT2D eigenvalue weighted by molar-refractivity contribution is 5.76. The van der Waals surface area contributed by atoms with E-state index < -0.39 is 6.04 Å². The van der Waals surface area contributed by atoms with Crippen molar-refractivity contribution in [3.63, 3.8) is 0 Å². The molecule has 2 aromatic heterocycles. The third-order valence-electron chi connectivity index (χ3n) is 5.05. The smallest absolute Gasteiger partial charge is 0.288 e. The largest absolute Gasteiger partial charge is 0.497 e. The Morgan fingerprint density at radius 3 is 2.77 bits per heavy atom. The lowest BCUT2D eigenvalue weighted by Crippen LogP contribution is -2.29. The molecular weight excluding hydrogens is 386 g/mol. The van der Waals surface area contributed by atoms with Gasteiger partial charge in [0.05, 0.1) is 19.9 Å². The van der Waals surface area contributed by atoms with Gasteiger partial charge in [-0.1, -0.05) is 35.4 Å². The zero-order chi connectivity index (χ0) is 20.7. The van der Waals surface area contributed by atoms with Gasteiger partial charge in [-0.2, -0.15) is 9.78 Å². The molecule has 10 heteroatoms. The molecule has 1 atom stereocenters. The standard InChI is InChI=1S/C20H17N7O3/c1-29-12-7-5-6-11(10-12)16-15-17(19(28)23-22-16)21-20-24-25-26-27(20)18(15)13-8-3-4-9-14(13)30-2/h3-10,18H,1-2H3,(H,23,28)(H,21,24,26)/t18-/m1/s1. The Balaban J connectivity index is 1.83. The van der Waals surface area contributed by atoms with Crippen molar-refractivity contribution in [1.29, 1.82) is 0 Å². The van der Waals surface area contributed by atoms with Crippen LogP contribution in [0, 0.1) is 0 Å². The first-order valence-electron chi connectivity index (χ1n) is 9.16. The van der Waals surface area contributed by atoms with E-state index >= 15 is 0 Å². The summed E-state index contributed by atoms with van der Waals surface area (Å²) in [5, 5.41) is 21.9. The quantitative estimate of drug-likeness (QED) is 0.468. The summed E-state index contributed by atoms with van der Waals surface area (Å²) in [7, 11) is 3.20. The summed E-state index contributed by atoms with van der Waals surface area (Å²) >= 11 is 0. The van der Waals surface area contributed by atoms with Crippen LogP contribution in [0.5, 0.6) is 11.5 Å². The fourth-order valence-corrected chi connectivity index (χ4v) is 3.71. The van der Waals surface area contributed by atoms with Crippen LogP contribution in [0.25, 0.3) is 11.3 Å². The van der Waals surface area contributed by atoms with Gasteiger partial charge in [0.2, 0.25) is 5.95 Å². The van der Waals surface area contributed by atoms with Gasteiger partial charge in [-0.3, -0.25) is 4.79 Å². The molecule has 0 bridgehead atoms. The number of hydrogen-bond acceptors (Lipinski definition) is 8. The van der Waals surface area contributed by atoms with Gasteiger partial charge >= 0.3 is 0 Å². The normalized spacial score (nSPS) is 14.4. The second kappa shape index (κ2) is 6.99. The second-order valence-electron chi connectivity index (χ2n) is 6.64. The predicted molar refractivity (Wildman–Crippen MR) is 108 cm³/mol. The summed E-state index contributed by atoms with van der Waals surface area (Å²) in [5.41, 5.74) is 2.75. The lowest BCUT2D eigenvalue weighted by Gasteiger charge is -2.28. The van der Waals surface area contributed by atoms with E-state index in [9.17, 15) is 4.79 Å². The molecule has 2 aromatic carbocycles. The van der Waals surface area contributed by atoms with E-state index in [1.165, 1.54) is 0 Å². The highest BCUT2D eigenvalue weighted by Gasteiger charge is 2.35. The van der Waals surface area contributed by atoms with E-state index in [0.29, 0.717) is 34.4 Å². The average molecular weight is 403 g/mol. The molecule has 0 radical (unpaired) electrons. The topological polar surface area (TPSA) is 120 Å². The van der Waals surface area contributed by atoms with Gasteiger partial charge in [-0.15, -0.1) is 0 Å². The molecular formula is C20H17N7O3. The number of anilines is 2. The highest BCUT2D eigenvalue weighted by atomic mass is 16.5. The Morgan fingerprint density at radius 2 is 1.93 bits per heavy atom. The van der Waals surface area contributed by atoms with Crippen molar-refractivity contribution >= 4 is 11.6 Å². The van der Waals surface area contributed by atoms with Crippen molar-refractivity contribution in [1.82, 2.24) is 30.4 Å². The van der Waals surface area contributed by atoms with Gasteiger partial charge in [0, 0.05) is 16.7 Å². The molecule has 0 saturated heterocycles. The summed E-state index contributed by atoms with van der Waals surface area (Å²) in [4.78, 5) is 12.7.